The minimum Gasteiger partial charge on any atom is -0.493 e. The number of nitrogens with one attached hydrogen (secondary N) is 2. The van der Waals surface area contributed by atoms with Crippen LogP contribution in [0.5, 0.6) is 5.75 Å². The first-order valence-corrected chi connectivity index (χ1v) is 11.2. The summed E-state index contributed by atoms with van der Waals surface area (Å²) in [6.45, 7) is 4.87. The summed E-state index contributed by atoms with van der Waals surface area (Å²) >= 11 is 0. The molecule has 1 amide bonds. The van der Waals surface area contributed by atoms with E-state index >= 15 is 0 Å². The monoisotopic (exact) mass is 430 g/mol. The van der Waals surface area contributed by atoms with Gasteiger partial charge in [0.25, 0.3) is 5.91 Å². The molecule has 0 bridgehead atoms. The Kier molecular flexibility index (Phi) is 6.59. The Bertz CT molecular complexity index is 1090. The Morgan fingerprint density at radius 3 is 2.56 bits per heavy atom. The van der Waals surface area contributed by atoms with E-state index in [0.717, 1.165) is 42.7 Å². The van der Waals surface area contributed by atoms with Crippen molar-refractivity contribution >= 4 is 23.1 Å². The van der Waals surface area contributed by atoms with Crippen molar-refractivity contribution in [2.24, 2.45) is 0 Å². The Balaban J connectivity index is 1.42. The number of pyridine rings is 1. The van der Waals surface area contributed by atoms with Crippen LogP contribution in [0.1, 0.15) is 46.9 Å². The number of ether oxygens (including phenoxy) is 1. The molecule has 1 aliphatic rings. The van der Waals surface area contributed by atoms with Crippen molar-refractivity contribution < 1.29 is 9.53 Å². The van der Waals surface area contributed by atoms with Gasteiger partial charge in [-0.25, -0.2) is 4.98 Å². The Labute approximate surface area is 189 Å². The molecule has 0 saturated heterocycles. The number of nitrogen functional groups attached to an aromatic ring is 1. The number of nitrogens with zero attached hydrogens (tertiary/aromatic N) is 1. The molecule has 32 heavy (non-hydrogen) atoms. The zero-order valence-corrected chi connectivity index (χ0v) is 18.7. The summed E-state index contributed by atoms with van der Waals surface area (Å²) in [5.74, 6) is 1.19. The molecule has 2 aromatic carbocycles. The second-order valence-electron chi connectivity index (χ2n) is 8.33. The smallest absolute Gasteiger partial charge is 0.270 e. The fourth-order valence-corrected chi connectivity index (χ4v) is 4.02. The molecular weight excluding hydrogens is 400 g/mol. The number of aromatic nitrogens is 1. The summed E-state index contributed by atoms with van der Waals surface area (Å²) in [4.78, 5) is 17.4. The lowest BCUT2D eigenvalue weighted by Gasteiger charge is -2.14. The molecule has 0 unspecified atom stereocenters. The predicted octanol–water partition coefficient (Wildman–Crippen LogP) is 4.79. The van der Waals surface area contributed by atoms with Crippen LogP contribution in [0, 0.1) is 6.92 Å². The summed E-state index contributed by atoms with van der Waals surface area (Å²) in [7, 11) is 0. The fraction of sp³-hybridized carbons (Fsp3) is 0.308. The van der Waals surface area contributed by atoms with Gasteiger partial charge in [0, 0.05) is 23.5 Å². The van der Waals surface area contributed by atoms with Crippen LogP contribution in [0.2, 0.25) is 0 Å². The third kappa shape index (κ3) is 5.19. The molecule has 0 fully saturated rings. The summed E-state index contributed by atoms with van der Waals surface area (Å²) < 4.78 is 5.82. The zero-order valence-electron chi connectivity index (χ0n) is 18.7. The van der Waals surface area contributed by atoms with E-state index in [1.165, 1.54) is 11.1 Å². The molecule has 166 valence electrons. The van der Waals surface area contributed by atoms with Crippen molar-refractivity contribution in [2.45, 2.75) is 45.6 Å². The lowest BCUT2D eigenvalue weighted by Crippen LogP contribution is -2.35. The lowest BCUT2D eigenvalue weighted by atomic mass is 10.1. The highest BCUT2D eigenvalue weighted by Gasteiger charge is 2.23. The first kappa shape index (κ1) is 21.7. The molecule has 0 saturated carbocycles. The van der Waals surface area contributed by atoms with Gasteiger partial charge in [-0.05, 0) is 67.1 Å². The topological polar surface area (TPSA) is 89.3 Å². The fourth-order valence-electron chi connectivity index (χ4n) is 4.02. The lowest BCUT2D eigenvalue weighted by molar-refractivity contribution is 0.0933. The molecule has 0 spiro atoms. The highest BCUT2D eigenvalue weighted by Crippen LogP contribution is 2.26. The molecular formula is C26H30N4O2. The van der Waals surface area contributed by atoms with E-state index in [2.05, 4.69) is 34.7 Å². The van der Waals surface area contributed by atoms with Crippen LogP contribution >= 0.6 is 0 Å². The maximum Gasteiger partial charge on any atom is 0.270 e. The number of hydrogen-bond donors (Lipinski definition) is 3. The maximum atomic E-state index is 12.9. The molecule has 0 aliphatic heterocycles. The van der Waals surface area contributed by atoms with Crippen LogP contribution in [-0.2, 0) is 12.8 Å². The number of anilines is 3. The van der Waals surface area contributed by atoms with Gasteiger partial charge >= 0.3 is 0 Å². The van der Waals surface area contributed by atoms with Crippen LogP contribution in [0.3, 0.4) is 0 Å². The Morgan fingerprint density at radius 1 is 1.12 bits per heavy atom. The van der Waals surface area contributed by atoms with Crippen molar-refractivity contribution in [1.29, 1.82) is 0 Å². The molecule has 0 atom stereocenters. The number of nitrogens with two attached hydrogens (primary N) is 1. The third-order valence-corrected chi connectivity index (χ3v) is 5.67. The van der Waals surface area contributed by atoms with Crippen LogP contribution in [0.15, 0.2) is 54.6 Å². The first-order chi connectivity index (χ1) is 15.5. The van der Waals surface area contributed by atoms with E-state index in [1.54, 1.807) is 12.1 Å². The van der Waals surface area contributed by atoms with E-state index in [0.29, 0.717) is 23.8 Å². The molecule has 6 heteroatoms. The van der Waals surface area contributed by atoms with Crippen LogP contribution in [-0.4, -0.2) is 23.5 Å². The predicted molar refractivity (Wildman–Crippen MR) is 129 cm³/mol. The van der Waals surface area contributed by atoms with Gasteiger partial charge in [-0.15, -0.1) is 0 Å². The van der Waals surface area contributed by atoms with Crippen molar-refractivity contribution in [3.63, 3.8) is 0 Å². The number of carbonyl (C=O) groups is 1. The van der Waals surface area contributed by atoms with Gasteiger partial charge in [0.1, 0.15) is 17.3 Å². The number of unbranched alkanes of at least 4 members (excludes halogenated alkanes) is 1. The number of rotatable bonds is 8. The third-order valence-electron chi connectivity index (χ3n) is 5.67. The minimum atomic E-state index is -0.214. The second kappa shape index (κ2) is 9.73. The van der Waals surface area contributed by atoms with Crippen LogP contribution in [0.25, 0.3) is 0 Å². The molecule has 6 nitrogen and oxygen atoms in total. The molecule has 4 rings (SSSR count). The standard InChI is InChI=1S/C26H30N4O2/c1-3-4-11-32-24-10-9-21(12-17(24)2)28-25-16-20(27)15-23(30-25)26(31)29-22-13-18-7-5-6-8-19(18)14-22/h5-10,12,15-16,22H,3-4,11,13-14H2,1-2H3,(H,29,31)(H3,27,28,30). The van der Waals surface area contributed by atoms with Crippen molar-refractivity contribution in [2.75, 3.05) is 17.7 Å². The summed E-state index contributed by atoms with van der Waals surface area (Å²) in [5.41, 5.74) is 11.3. The summed E-state index contributed by atoms with van der Waals surface area (Å²) in [6, 6.07) is 17.6. The minimum absolute atomic E-state index is 0.0717. The maximum absolute atomic E-state index is 12.9. The average molecular weight is 431 g/mol. The zero-order chi connectivity index (χ0) is 22.5. The van der Waals surface area contributed by atoms with E-state index in [-0.39, 0.29) is 11.9 Å². The van der Waals surface area contributed by atoms with E-state index in [1.807, 2.05) is 37.3 Å². The molecule has 4 N–H and O–H groups in total. The normalized spacial score (nSPS) is 12.9. The van der Waals surface area contributed by atoms with Gasteiger partial charge in [0.2, 0.25) is 0 Å². The number of hydrogen-bond acceptors (Lipinski definition) is 5. The quantitative estimate of drug-likeness (QED) is 0.447. The Hall–Kier alpha value is -3.54. The van der Waals surface area contributed by atoms with E-state index in [4.69, 9.17) is 10.5 Å². The Morgan fingerprint density at radius 2 is 1.88 bits per heavy atom. The number of aryl methyl sites for hydroxylation is 1. The largest absolute Gasteiger partial charge is 0.493 e. The van der Waals surface area contributed by atoms with Gasteiger partial charge in [0.05, 0.1) is 6.61 Å². The summed E-state index contributed by atoms with van der Waals surface area (Å²) in [5, 5.41) is 6.36. The number of benzene rings is 2. The molecule has 1 aliphatic carbocycles. The van der Waals surface area contributed by atoms with E-state index < -0.39 is 0 Å². The van der Waals surface area contributed by atoms with Crippen molar-refractivity contribution in [3.05, 3.63) is 77.0 Å². The van der Waals surface area contributed by atoms with Crippen molar-refractivity contribution in [3.8, 4) is 5.75 Å². The van der Waals surface area contributed by atoms with Gasteiger partial charge in [-0.2, -0.15) is 0 Å². The van der Waals surface area contributed by atoms with Gasteiger partial charge < -0.3 is 21.1 Å². The van der Waals surface area contributed by atoms with Gasteiger partial charge in [-0.3, -0.25) is 4.79 Å². The number of amides is 1. The summed E-state index contributed by atoms with van der Waals surface area (Å²) in [6.07, 6.45) is 3.80. The number of fused-ring (bicyclic) bond motifs is 1. The van der Waals surface area contributed by atoms with Crippen LogP contribution < -0.4 is 21.1 Å². The second-order valence-corrected chi connectivity index (χ2v) is 8.33. The first-order valence-electron chi connectivity index (χ1n) is 11.2. The average Bonchev–Trinajstić information content (AvgIpc) is 3.17. The number of carbonyl (C=O) groups excluding carboxylic acids is 1. The van der Waals surface area contributed by atoms with Crippen LogP contribution in [0.4, 0.5) is 17.2 Å². The van der Waals surface area contributed by atoms with Gasteiger partial charge in [-0.1, -0.05) is 37.6 Å². The molecule has 1 aromatic heterocycles. The molecule has 3 aromatic rings. The molecule has 0 radical (unpaired) electrons. The van der Waals surface area contributed by atoms with E-state index in [9.17, 15) is 4.79 Å². The van der Waals surface area contributed by atoms with Crippen molar-refractivity contribution in [1.82, 2.24) is 10.3 Å². The highest BCUT2D eigenvalue weighted by atomic mass is 16.5. The molecule has 1 heterocycles. The highest BCUT2D eigenvalue weighted by molar-refractivity contribution is 5.94. The van der Waals surface area contributed by atoms with Gasteiger partial charge in [0.15, 0.2) is 0 Å². The SMILES string of the molecule is CCCCOc1ccc(Nc2cc(N)cc(C(=O)NC3Cc4ccccc4C3)n2)cc1C.